The van der Waals surface area contributed by atoms with Crippen molar-refractivity contribution < 1.29 is 9.53 Å². The van der Waals surface area contributed by atoms with Crippen molar-refractivity contribution in [3.8, 4) is 11.3 Å². The molecular weight excluding hydrogens is 384 g/mol. The fraction of sp³-hybridized carbons (Fsp3) is 0.261. The minimum absolute atomic E-state index is 0.254. The number of thiazole rings is 1. The first-order chi connectivity index (χ1) is 13.7. The Morgan fingerprint density at radius 3 is 2.52 bits per heavy atom. The van der Waals surface area contributed by atoms with E-state index in [9.17, 15) is 9.59 Å². The lowest BCUT2D eigenvalue weighted by Gasteiger charge is -2.22. The Balaban J connectivity index is 1.85. The summed E-state index contributed by atoms with van der Waals surface area (Å²) in [5.41, 5.74) is 2.80. The lowest BCUT2D eigenvalue weighted by molar-refractivity contribution is -0.156. The van der Waals surface area contributed by atoms with Crippen LogP contribution in [0.25, 0.3) is 26.4 Å². The van der Waals surface area contributed by atoms with Crippen LogP contribution in [-0.4, -0.2) is 21.0 Å². The van der Waals surface area contributed by atoms with Crippen LogP contribution in [0.15, 0.2) is 59.4 Å². The van der Waals surface area contributed by atoms with Gasteiger partial charge in [0.1, 0.15) is 5.60 Å². The summed E-state index contributed by atoms with van der Waals surface area (Å²) in [5.74, 6) is -0.638. The highest BCUT2D eigenvalue weighted by Crippen LogP contribution is 2.32. The van der Waals surface area contributed by atoms with Crippen molar-refractivity contribution in [2.75, 3.05) is 0 Å². The third kappa shape index (κ3) is 3.80. The number of hydrogen-bond donors (Lipinski definition) is 0. The second kappa shape index (κ2) is 7.12. The highest BCUT2D eigenvalue weighted by atomic mass is 32.1. The van der Waals surface area contributed by atoms with Gasteiger partial charge in [0.2, 0.25) is 0 Å². The number of aromatic nitrogens is 2. The van der Waals surface area contributed by atoms with Gasteiger partial charge in [-0.05, 0) is 51.0 Å². The van der Waals surface area contributed by atoms with E-state index in [4.69, 9.17) is 4.74 Å². The first-order valence-corrected chi connectivity index (χ1v) is 10.3. The summed E-state index contributed by atoms with van der Waals surface area (Å²) in [6.07, 6.45) is 0. The number of fused-ring (bicyclic) bond motifs is 3. The van der Waals surface area contributed by atoms with Crippen LogP contribution in [0.3, 0.4) is 0 Å². The van der Waals surface area contributed by atoms with E-state index in [2.05, 4.69) is 4.98 Å². The molecule has 5 nitrogen and oxygen atoms in total. The van der Waals surface area contributed by atoms with Crippen LogP contribution in [-0.2, 0) is 9.53 Å². The van der Waals surface area contributed by atoms with Gasteiger partial charge in [-0.25, -0.2) is 0 Å². The molecule has 0 amide bonds. The number of carbonyl (C=O) groups excluding carboxylic acids is 1. The van der Waals surface area contributed by atoms with E-state index in [1.807, 2.05) is 80.6 Å². The van der Waals surface area contributed by atoms with E-state index in [0.29, 0.717) is 4.96 Å². The van der Waals surface area contributed by atoms with E-state index in [0.717, 1.165) is 27.0 Å². The molecule has 0 aliphatic heterocycles. The number of esters is 1. The Bertz CT molecular complexity index is 1270. The summed E-state index contributed by atoms with van der Waals surface area (Å²) >= 11 is 1.44. The molecule has 2 heterocycles. The maximum atomic E-state index is 12.5. The van der Waals surface area contributed by atoms with E-state index < -0.39 is 5.60 Å². The van der Waals surface area contributed by atoms with Crippen molar-refractivity contribution in [1.29, 1.82) is 0 Å². The minimum atomic E-state index is -0.526. The standard InChI is InChI=1S/C23H22N2O3S/c1-14(21(27)28-23(2,3)4)16-10-11-17-19(12-16)29-22-24-20(26)13-18(25(17)22)15-8-6-5-7-9-15/h5-14H,1-4H3. The fourth-order valence-corrected chi connectivity index (χ4v) is 4.35. The Hall–Kier alpha value is -2.99. The lowest BCUT2D eigenvalue weighted by Crippen LogP contribution is -2.26. The van der Waals surface area contributed by atoms with Crippen LogP contribution in [0, 0.1) is 0 Å². The predicted molar refractivity (Wildman–Crippen MR) is 117 cm³/mol. The molecule has 0 saturated heterocycles. The van der Waals surface area contributed by atoms with E-state index in [1.165, 1.54) is 11.3 Å². The first-order valence-electron chi connectivity index (χ1n) is 9.47. The van der Waals surface area contributed by atoms with Gasteiger partial charge in [-0.15, -0.1) is 0 Å². The van der Waals surface area contributed by atoms with Crippen LogP contribution in [0.4, 0.5) is 0 Å². The second-order valence-corrected chi connectivity index (χ2v) is 9.06. The molecule has 1 atom stereocenters. The third-order valence-electron chi connectivity index (χ3n) is 4.65. The molecule has 148 valence electrons. The van der Waals surface area contributed by atoms with Crippen molar-refractivity contribution in [3.05, 3.63) is 70.5 Å². The summed E-state index contributed by atoms with van der Waals surface area (Å²) in [4.78, 5) is 29.5. The quantitative estimate of drug-likeness (QED) is 0.448. The lowest BCUT2D eigenvalue weighted by atomic mass is 10.0. The molecule has 4 aromatic rings. The summed E-state index contributed by atoms with van der Waals surface area (Å²) < 4.78 is 8.49. The third-order valence-corrected chi connectivity index (χ3v) is 5.66. The number of carbonyl (C=O) groups is 1. The highest BCUT2D eigenvalue weighted by molar-refractivity contribution is 7.23. The van der Waals surface area contributed by atoms with Crippen LogP contribution in [0.1, 0.15) is 39.2 Å². The molecule has 2 aromatic carbocycles. The smallest absolute Gasteiger partial charge is 0.313 e. The zero-order valence-corrected chi connectivity index (χ0v) is 17.6. The van der Waals surface area contributed by atoms with Gasteiger partial charge in [0, 0.05) is 6.07 Å². The molecule has 2 aromatic heterocycles. The number of rotatable bonds is 3. The Labute approximate surface area is 172 Å². The molecule has 0 aliphatic carbocycles. The van der Waals surface area contributed by atoms with Crippen molar-refractivity contribution in [3.63, 3.8) is 0 Å². The van der Waals surface area contributed by atoms with Crippen molar-refractivity contribution in [2.45, 2.75) is 39.2 Å². The molecule has 0 radical (unpaired) electrons. The molecule has 0 aliphatic rings. The monoisotopic (exact) mass is 406 g/mol. The Morgan fingerprint density at radius 2 is 1.83 bits per heavy atom. The number of hydrogen-bond acceptors (Lipinski definition) is 5. The SMILES string of the molecule is CC(C(=O)OC(C)(C)C)c1ccc2c(c1)sc1nc(=O)cc(-c3ccccc3)n12. The Morgan fingerprint density at radius 1 is 1.10 bits per heavy atom. The van der Waals surface area contributed by atoms with Crippen LogP contribution >= 0.6 is 11.3 Å². The van der Waals surface area contributed by atoms with Gasteiger partial charge in [0.25, 0.3) is 5.56 Å². The summed E-state index contributed by atoms with van der Waals surface area (Å²) in [7, 11) is 0. The average molecular weight is 407 g/mol. The van der Waals surface area contributed by atoms with Gasteiger partial charge in [0.05, 0.1) is 21.8 Å². The summed E-state index contributed by atoms with van der Waals surface area (Å²) in [5, 5.41) is 0. The average Bonchev–Trinajstić information content (AvgIpc) is 3.03. The molecule has 4 rings (SSSR count). The first kappa shape index (κ1) is 19.3. The molecule has 0 N–H and O–H groups in total. The topological polar surface area (TPSA) is 60.7 Å². The molecule has 0 fully saturated rings. The maximum absolute atomic E-state index is 12.5. The molecule has 29 heavy (non-hydrogen) atoms. The fourth-order valence-electron chi connectivity index (χ4n) is 3.27. The van der Waals surface area contributed by atoms with E-state index in [-0.39, 0.29) is 17.4 Å². The minimum Gasteiger partial charge on any atom is -0.460 e. The van der Waals surface area contributed by atoms with Crippen LogP contribution in [0.5, 0.6) is 0 Å². The zero-order valence-electron chi connectivity index (χ0n) is 16.8. The number of nitrogens with zero attached hydrogens (tertiary/aromatic N) is 2. The maximum Gasteiger partial charge on any atom is 0.313 e. The molecule has 6 heteroatoms. The van der Waals surface area contributed by atoms with Crippen molar-refractivity contribution in [2.24, 2.45) is 0 Å². The number of benzene rings is 2. The Kier molecular flexibility index (Phi) is 4.74. The molecule has 0 saturated carbocycles. The van der Waals surface area contributed by atoms with Crippen molar-refractivity contribution in [1.82, 2.24) is 9.38 Å². The van der Waals surface area contributed by atoms with E-state index >= 15 is 0 Å². The summed E-state index contributed by atoms with van der Waals surface area (Å²) in [6.45, 7) is 7.43. The molecule has 1 unspecified atom stereocenters. The van der Waals surface area contributed by atoms with Gasteiger partial charge < -0.3 is 4.74 Å². The molecule has 0 bridgehead atoms. The predicted octanol–water partition coefficient (Wildman–Crippen LogP) is 5.02. The van der Waals surface area contributed by atoms with Gasteiger partial charge in [-0.2, -0.15) is 4.98 Å². The van der Waals surface area contributed by atoms with Gasteiger partial charge in [-0.3, -0.25) is 14.0 Å². The van der Waals surface area contributed by atoms with Crippen LogP contribution in [0.2, 0.25) is 0 Å². The molecule has 0 spiro atoms. The van der Waals surface area contributed by atoms with Crippen LogP contribution < -0.4 is 5.56 Å². The largest absolute Gasteiger partial charge is 0.460 e. The molecular formula is C23H22N2O3S. The number of ether oxygens (including phenoxy) is 1. The highest BCUT2D eigenvalue weighted by Gasteiger charge is 2.23. The zero-order chi connectivity index (χ0) is 20.8. The second-order valence-electron chi connectivity index (χ2n) is 8.05. The van der Waals surface area contributed by atoms with Gasteiger partial charge in [0.15, 0.2) is 4.96 Å². The van der Waals surface area contributed by atoms with Crippen molar-refractivity contribution >= 4 is 32.5 Å². The van der Waals surface area contributed by atoms with Gasteiger partial charge >= 0.3 is 5.97 Å². The normalized spacial score (nSPS) is 13.0. The summed E-state index contributed by atoms with van der Waals surface area (Å²) in [6, 6.07) is 17.3. The van der Waals surface area contributed by atoms with Gasteiger partial charge in [-0.1, -0.05) is 47.7 Å². The van der Waals surface area contributed by atoms with E-state index in [1.54, 1.807) is 6.07 Å².